The largest absolute Gasteiger partial charge is 0.497 e. The summed E-state index contributed by atoms with van der Waals surface area (Å²) < 4.78 is 24.2. The quantitative estimate of drug-likeness (QED) is 0.670. The molecule has 0 bridgehead atoms. The smallest absolute Gasteiger partial charge is 0.341 e. The number of ether oxygens (including phenoxy) is 3. The van der Waals surface area contributed by atoms with Gasteiger partial charge in [0, 0.05) is 5.56 Å². The number of carbonyl (C=O) groups excluding carboxylic acids is 1. The lowest BCUT2D eigenvalue weighted by molar-refractivity contribution is 0.0595. The second kappa shape index (κ2) is 6.62. The lowest BCUT2D eigenvalue weighted by Gasteiger charge is -2.12. The van der Waals surface area contributed by atoms with Gasteiger partial charge >= 0.3 is 5.97 Å². The van der Waals surface area contributed by atoms with Crippen LogP contribution in [-0.4, -0.2) is 28.9 Å². The third kappa shape index (κ3) is 3.09. The van der Waals surface area contributed by atoms with Crippen molar-refractivity contribution in [2.75, 3.05) is 14.2 Å². The van der Waals surface area contributed by atoms with Crippen LogP contribution in [0.4, 0.5) is 0 Å². The molecule has 0 fully saturated rings. The van der Waals surface area contributed by atoms with Crippen LogP contribution >= 0.6 is 11.7 Å². The molecular formula is C16H14N2O4S. The molecular weight excluding hydrogens is 316 g/mol. The summed E-state index contributed by atoms with van der Waals surface area (Å²) >= 11 is 1.16. The van der Waals surface area contributed by atoms with Gasteiger partial charge < -0.3 is 14.2 Å². The second-order valence-electron chi connectivity index (χ2n) is 4.69. The maximum Gasteiger partial charge on any atom is 0.341 e. The summed E-state index contributed by atoms with van der Waals surface area (Å²) in [5.74, 6) is 0.508. The molecule has 118 valence electrons. The van der Waals surface area contributed by atoms with E-state index in [1.54, 1.807) is 18.2 Å². The highest BCUT2D eigenvalue weighted by Crippen LogP contribution is 2.26. The van der Waals surface area contributed by atoms with Crippen LogP contribution < -0.4 is 9.47 Å². The lowest BCUT2D eigenvalue weighted by atomic mass is 10.1. The Balaban J connectivity index is 1.88. The molecule has 0 unspecified atom stereocenters. The predicted molar refractivity (Wildman–Crippen MR) is 86.1 cm³/mol. The SMILES string of the molecule is COC(=O)c1cc(OC)ccc1OCc1cccc2nsnc12. The maximum absolute atomic E-state index is 11.9. The van der Waals surface area contributed by atoms with E-state index in [9.17, 15) is 4.79 Å². The molecule has 0 amide bonds. The Morgan fingerprint density at radius 2 is 2.04 bits per heavy atom. The van der Waals surface area contributed by atoms with Crippen LogP contribution in [0.25, 0.3) is 11.0 Å². The summed E-state index contributed by atoms with van der Waals surface area (Å²) in [4.78, 5) is 11.9. The van der Waals surface area contributed by atoms with Gasteiger partial charge in [0.1, 0.15) is 34.7 Å². The van der Waals surface area contributed by atoms with Crippen molar-refractivity contribution in [2.45, 2.75) is 6.61 Å². The molecule has 7 heteroatoms. The van der Waals surface area contributed by atoms with E-state index >= 15 is 0 Å². The average molecular weight is 330 g/mol. The summed E-state index contributed by atoms with van der Waals surface area (Å²) in [6.07, 6.45) is 0. The van der Waals surface area contributed by atoms with Gasteiger partial charge in [-0.15, -0.1) is 0 Å². The first kappa shape index (κ1) is 15.2. The minimum Gasteiger partial charge on any atom is -0.497 e. The zero-order chi connectivity index (χ0) is 16.2. The van der Waals surface area contributed by atoms with Crippen molar-refractivity contribution in [3.8, 4) is 11.5 Å². The van der Waals surface area contributed by atoms with Gasteiger partial charge in [-0.3, -0.25) is 0 Å². The van der Waals surface area contributed by atoms with Crippen LogP contribution in [0, 0.1) is 0 Å². The van der Waals surface area contributed by atoms with Crippen LogP contribution in [-0.2, 0) is 11.3 Å². The second-order valence-corrected chi connectivity index (χ2v) is 5.22. The number of hydrogen-bond donors (Lipinski definition) is 0. The highest BCUT2D eigenvalue weighted by Gasteiger charge is 2.15. The Hall–Kier alpha value is -2.67. The van der Waals surface area contributed by atoms with Crippen molar-refractivity contribution < 1.29 is 19.0 Å². The number of fused-ring (bicyclic) bond motifs is 1. The monoisotopic (exact) mass is 330 g/mol. The van der Waals surface area contributed by atoms with Gasteiger partial charge in [-0.1, -0.05) is 12.1 Å². The van der Waals surface area contributed by atoms with Gasteiger partial charge in [0.15, 0.2) is 0 Å². The summed E-state index contributed by atoms with van der Waals surface area (Å²) in [5, 5.41) is 0. The third-order valence-corrected chi connectivity index (χ3v) is 3.89. The van der Waals surface area contributed by atoms with Crippen LogP contribution in [0.2, 0.25) is 0 Å². The Morgan fingerprint density at radius 1 is 1.17 bits per heavy atom. The van der Waals surface area contributed by atoms with Crippen molar-refractivity contribution in [2.24, 2.45) is 0 Å². The molecule has 3 aromatic rings. The zero-order valence-corrected chi connectivity index (χ0v) is 13.4. The van der Waals surface area contributed by atoms with E-state index in [2.05, 4.69) is 8.75 Å². The molecule has 0 radical (unpaired) electrons. The Labute approximate surface area is 136 Å². The molecule has 0 N–H and O–H groups in total. The molecule has 1 aromatic heterocycles. The molecule has 0 saturated carbocycles. The van der Waals surface area contributed by atoms with E-state index in [0.29, 0.717) is 17.1 Å². The first-order valence-corrected chi connectivity index (χ1v) is 7.55. The maximum atomic E-state index is 11.9. The predicted octanol–water partition coefficient (Wildman–Crippen LogP) is 3.07. The number of aromatic nitrogens is 2. The fraction of sp³-hybridized carbons (Fsp3) is 0.188. The Bertz CT molecular complexity index is 847. The summed E-state index contributed by atoms with van der Waals surface area (Å²) in [7, 11) is 2.86. The zero-order valence-electron chi connectivity index (χ0n) is 12.6. The van der Waals surface area contributed by atoms with Gasteiger partial charge in [0.2, 0.25) is 0 Å². The van der Waals surface area contributed by atoms with E-state index in [0.717, 1.165) is 28.3 Å². The van der Waals surface area contributed by atoms with Gasteiger partial charge in [-0.05, 0) is 24.3 Å². The molecule has 0 aliphatic heterocycles. The third-order valence-electron chi connectivity index (χ3n) is 3.34. The highest BCUT2D eigenvalue weighted by molar-refractivity contribution is 7.00. The highest BCUT2D eigenvalue weighted by atomic mass is 32.1. The lowest BCUT2D eigenvalue weighted by Crippen LogP contribution is -2.06. The minimum atomic E-state index is -0.479. The topological polar surface area (TPSA) is 70.5 Å². The minimum absolute atomic E-state index is 0.277. The molecule has 0 aliphatic rings. The fourth-order valence-corrected chi connectivity index (χ4v) is 2.73. The number of carbonyl (C=O) groups is 1. The Kier molecular flexibility index (Phi) is 4.38. The van der Waals surface area contributed by atoms with Crippen molar-refractivity contribution in [3.05, 3.63) is 47.5 Å². The van der Waals surface area contributed by atoms with Crippen molar-refractivity contribution in [1.29, 1.82) is 0 Å². The molecule has 3 rings (SSSR count). The van der Waals surface area contributed by atoms with E-state index in [1.165, 1.54) is 14.2 Å². The summed E-state index contributed by atoms with van der Waals surface area (Å²) in [6, 6.07) is 10.7. The van der Waals surface area contributed by atoms with Gasteiger partial charge in [0.05, 0.1) is 25.9 Å². The van der Waals surface area contributed by atoms with E-state index in [4.69, 9.17) is 14.2 Å². The van der Waals surface area contributed by atoms with Gasteiger partial charge in [-0.2, -0.15) is 8.75 Å². The van der Waals surface area contributed by atoms with Gasteiger partial charge in [-0.25, -0.2) is 4.79 Å². The number of nitrogens with zero attached hydrogens (tertiary/aromatic N) is 2. The Morgan fingerprint density at radius 3 is 2.83 bits per heavy atom. The van der Waals surface area contributed by atoms with Crippen LogP contribution in [0.5, 0.6) is 11.5 Å². The molecule has 2 aromatic carbocycles. The van der Waals surface area contributed by atoms with Crippen LogP contribution in [0.1, 0.15) is 15.9 Å². The average Bonchev–Trinajstić information content (AvgIpc) is 3.08. The van der Waals surface area contributed by atoms with E-state index in [-0.39, 0.29) is 6.61 Å². The van der Waals surface area contributed by atoms with Crippen molar-refractivity contribution >= 4 is 28.7 Å². The molecule has 0 aliphatic carbocycles. The first-order valence-electron chi connectivity index (χ1n) is 6.82. The van der Waals surface area contributed by atoms with Crippen molar-refractivity contribution in [1.82, 2.24) is 8.75 Å². The summed E-state index contributed by atoms with van der Waals surface area (Å²) in [6.45, 7) is 0.277. The standard InChI is InChI=1S/C16H14N2O4S/c1-20-11-6-7-14(12(8-11)16(19)21-2)22-9-10-4-3-5-13-15(10)18-23-17-13/h3-8H,9H2,1-2H3. The number of methoxy groups -OCH3 is 2. The number of benzene rings is 2. The fourth-order valence-electron chi connectivity index (χ4n) is 2.17. The number of esters is 1. The molecule has 6 nitrogen and oxygen atoms in total. The normalized spacial score (nSPS) is 10.5. The number of rotatable bonds is 5. The van der Waals surface area contributed by atoms with Crippen molar-refractivity contribution in [3.63, 3.8) is 0 Å². The first-order chi connectivity index (χ1) is 11.2. The number of hydrogen-bond acceptors (Lipinski definition) is 7. The van der Waals surface area contributed by atoms with Crippen LogP contribution in [0.15, 0.2) is 36.4 Å². The molecule has 0 atom stereocenters. The summed E-state index contributed by atoms with van der Waals surface area (Å²) in [5.41, 5.74) is 2.86. The molecule has 1 heterocycles. The van der Waals surface area contributed by atoms with Gasteiger partial charge in [0.25, 0.3) is 0 Å². The van der Waals surface area contributed by atoms with E-state index in [1.807, 2.05) is 18.2 Å². The molecule has 23 heavy (non-hydrogen) atoms. The molecule has 0 spiro atoms. The van der Waals surface area contributed by atoms with Crippen LogP contribution in [0.3, 0.4) is 0 Å². The van der Waals surface area contributed by atoms with E-state index < -0.39 is 5.97 Å². The molecule has 0 saturated heterocycles.